The summed E-state index contributed by atoms with van der Waals surface area (Å²) in [7, 11) is -1.84. The van der Waals surface area contributed by atoms with E-state index >= 15 is 0 Å². The molecule has 0 saturated heterocycles. The highest BCUT2D eigenvalue weighted by atomic mass is 32.2. The summed E-state index contributed by atoms with van der Waals surface area (Å²) in [5, 5.41) is 3.30. The number of pyridine rings is 2. The average Bonchev–Trinajstić information content (AvgIpc) is 3.37. The zero-order chi connectivity index (χ0) is 30.1. The van der Waals surface area contributed by atoms with Gasteiger partial charge >= 0.3 is 0 Å². The maximum atomic E-state index is 14.7. The van der Waals surface area contributed by atoms with E-state index in [1.807, 2.05) is 25.1 Å². The molecule has 0 amide bonds. The zero-order valence-corrected chi connectivity index (χ0v) is 24.5. The number of sulfonamides is 1. The van der Waals surface area contributed by atoms with Crippen LogP contribution in [0.25, 0.3) is 27.9 Å². The van der Waals surface area contributed by atoms with Crippen molar-refractivity contribution in [2.24, 2.45) is 9.98 Å². The Hall–Kier alpha value is -4.75. The van der Waals surface area contributed by atoms with Crippen LogP contribution in [0.3, 0.4) is 0 Å². The predicted octanol–water partition coefficient (Wildman–Crippen LogP) is 3.77. The number of aromatic nitrogens is 4. The zero-order valence-electron chi connectivity index (χ0n) is 23.7. The van der Waals surface area contributed by atoms with Crippen LogP contribution < -0.4 is 14.8 Å². The molecule has 0 saturated carbocycles. The van der Waals surface area contributed by atoms with E-state index in [0.717, 1.165) is 16.8 Å². The number of methoxy groups -OCH3 is 1. The molecule has 3 N–H and O–H groups in total. The van der Waals surface area contributed by atoms with Gasteiger partial charge in [0.1, 0.15) is 35.2 Å². The highest BCUT2D eigenvalue weighted by Crippen LogP contribution is 2.29. The van der Waals surface area contributed by atoms with Crippen LogP contribution >= 0.6 is 0 Å². The molecule has 220 valence electrons. The average molecular weight is 601 g/mol. The molecule has 0 bridgehead atoms. The normalized spacial score (nSPS) is 16.8. The lowest BCUT2D eigenvalue weighted by molar-refractivity contribution is 0.412. The Balaban J connectivity index is 1.36. The van der Waals surface area contributed by atoms with Crippen molar-refractivity contribution in [2.75, 3.05) is 19.5 Å². The standard InChI is InChI=1S/C30H29FN8O3S/c1-4-43(40,41)36-13-18-9-19(11-21(31)10-18)26-28-25(7-8-33-26)38-30(39-28)29-27-24(34-16-35-29)6-5-23(17(2)37-27)20-12-22(42-3)15-32-14-20/h5-12,14-15,17,34,36H,4,13,16H2,1-3H3,(H,38,39)/t17-/m0/s1. The van der Waals surface area contributed by atoms with Crippen molar-refractivity contribution in [1.29, 1.82) is 0 Å². The molecule has 1 atom stereocenters. The summed E-state index contributed by atoms with van der Waals surface area (Å²) in [6.45, 7) is 3.84. The number of nitrogens with one attached hydrogen (secondary N) is 3. The summed E-state index contributed by atoms with van der Waals surface area (Å²) in [5.41, 5.74) is 6.55. The summed E-state index contributed by atoms with van der Waals surface area (Å²) >= 11 is 0. The van der Waals surface area contributed by atoms with Crippen molar-refractivity contribution in [3.8, 4) is 17.0 Å². The molecule has 1 aromatic carbocycles. The number of fused-ring (bicyclic) bond motifs is 2. The molecule has 13 heteroatoms. The summed E-state index contributed by atoms with van der Waals surface area (Å²) in [5.74, 6) is 0.586. The second-order valence-electron chi connectivity index (χ2n) is 10.0. The minimum Gasteiger partial charge on any atom is -0.495 e. The minimum absolute atomic E-state index is 0.0402. The number of hydrogen-bond acceptors (Lipinski definition) is 9. The van der Waals surface area contributed by atoms with Gasteiger partial charge in [-0.25, -0.2) is 22.5 Å². The van der Waals surface area contributed by atoms with Crippen LogP contribution in [-0.4, -0.2) is 65.4 Å². The third-order valence-corrected chi connectivity index (χ3v) is 8.55. The molecular weight excluding hydrogens is 571 g/mol. The maximum Gasteiger partial charge on any atom is 0.211 e. The van der Waals surface area contributed by atoms with E-state index in [2.05, 4.69) is 25.0 Å². The number of aromatic amines is 1. The summed E-state index contributed by atoms with van der Waals surface area (Å²) in [4.78, 5) is 26.7. The van der Waals surface area contributed by atoms with Crippen LogP contribution in [0.15, 0.2) is 76.8 Å². The first kappa shape index (κ1) is 28.4. The highest BCUT2D eigenvalue weighted by molar-refractivity contribution is 7.89. The number of H-pyrrole nitrogens is 1. The van der Waals surface area contributed by atoms with Crippen LogP contribution in [-0.2, 0) is 16.6 Å². The summed E-state index contributed by atoms with van der Waals surface area (Å²) in [6.07, 6.45) is 9.05. The van der Waals surface area contributed by atoms with Gasteiger partial charge in [-0.1, -0.05) is 6.08 Å². The molecule has 5 heterocycles. The fraction of sp³-hybridized carbons (Fsp3) is 0.233. The molecule has 3 aromatic heterocycles. The number of rotatable bonds is 8. The number of benzene rings is 1. The molecule has 0 fully saturated rings. The van der Waals surface area contributed by atoms with Crippen molar-refractivity contribution in [3.63, 3.8) is 0 Å². The number of halogens is 1. The van der Waals surface area contributed by atoms with Crippen molar-refractivity contribution in [1.82, 2.24) is 30.0 Å². The van der Waals surface area contributed by atoms with Crippen LogP contribution in [0.2, 0.25) is 0 Å². The van der Waals surface area contributed by atoms with Gasteiger partial charge in [0.25, 0.3) is 0 Å². The van der Waals surface area contributed by atoms with E-state index < -0.39 is 15.8 Å². The fourth-order valence-corrected chi connectivity index (χ4v) is 5.58. The van der Waals surface area contributed by atoms with E-state index in [1.54, 1.807) is 44.8 Å². The Morgan fingerprint density at radius 3 is 2.79 bits per heavy atom. The van der Waals surface area contributed by atoms with E-state index in [9.17, 15) is 12.8 Å². The Bertz CT molecular complexity index is 1960. The van der Waals surface area contributed by atoms with Gasteiger partial charge in [-0.05, 0) is 61.4 Å². The van der Waals surface area contributed by atoms with Gasteiger partial charge in [0.15, 0.2) is 5.82 Å². The van der Waals surface area contributed by atoms with Crippen LogP contribution in [0.1, 0.15) is 30.8 Å². The third-order valence-electron chi connectivity index (χ3n) is 7.20. The Morgan fingerprint density at radius 2 is 1.98 bits per heavy atom. The fourth-order valence-electron chi connectivity index (χ4n) is 4.99. The largest absolute Gasteiger partial charge is 0.495 e. The number of imidazole rings is 1. The number of aliphatic imine (C=N–C) groups is 2. The van der Waals surface area contributed by atoms with Crippen LogP contribution in [0.5, 0.6) is 5.75 Å². The van der Waals surface area contributed by atoms with Gasteiger partial charge < -0.3 is 15.0 Å². The molecule has 11 nitrogen and oxygen atoms in total. The summed E-state index contributed by atoms with van der Waals surface area (Å²) in [6, 6.07) is 7.85. The predicted molar refractivity (Wildman–Crippen MR) is 164 cm³/mol. The highest BCUT2D eigenvalue weighted by Gasteiger charge is 2.27. The van der Waals surface area contributed by atoms with Gasteiger partial charge in [-0.15, -0.1) is 0 Å². The number of allylic oxidation sites excluding steroid dienone is 3. The van der Waals surface area contributed by atoms with E-state index in [1.165, 1.54) is 12.1 Å². The number of ether oxygens (including phenoxy) is 1. The Morgan fingerprint density at radius 1 is 1.12 bits per heavy atom. The maximum absolute atomic E-state index is 14.7. The monoisotopic (exact) mass is 600 g/mol. The van der Waals surface area contributed by atoms with E-state index in [4.69, 9.17) is 19.7 Å². The molecule has 0 radical (unpaired) electrons. The molecule has 2 aliphatic rings. The quantitative estimate of drug-likeness (QED) is 0.279. The van der Waals surface area contributed by atoms with Gasteiger partial charge in [-0.3, -0.25) is 20.0 Å². The SMILES string of the molecule is CCS(=O)(=O)NCc1cc(F)cc(-c2nccc3[nH]c(C4=NCNC5=CC=C(c6cncc(OC)c6)[C@H](C)N=C54)nc23)c1. The number of hydrogen-bond donors (Lipinski definition) is 3. The van der Waals surface area contributed by atoms with Gasteiger partial charge in [0, 0.05) is 30.1 Å². The minimum atomic E-state index is -3.44. The molecule has 4 aromatic rings. The second kappa shape index (κ2) is 11.5. The second-order valence-corrected chi connectivity index (χ2v) is 12.1. The summed E-state index contributed by atoms with van der Waals surface area (Å²) < 4.78 is 46.4. The van der Waals surface area contributed by atoms with Crippen molar-refractivity contribution in [3.05, 3.63) is 89.5 Å². The third kappa shape index (κ3) is 5.81. The molecule has 6 rings (SSSR count). The lowest BCUT2D eigenvalue weighted by atomic mass is 10.0. The van der Waals surface area contributed by atoms with Crippen molar-refractivity contribution >= 4 is 38.1 Å². The van der Waals surface area contributed by atoms with Crippen LogP contribution in [0, 0.1) is 5.82 Å². The lowest BCUT2D eigenvalue weighted by Crippen LogP contribution is -2.34. The van der Waals surface area contributed by atoms with Crippen molar-refractivity contribution in [2.45, 2.75) is 26.4 Å². The van der Waals surface area contributed by atoms with E-state index in [0.29, 0.717) is 57.5 Å². The molecular formula is C30H29FN8O3S. The lowest BCUT2D eigenvalue weighted by Gasteiger charge is -2.19. The van der Waals surface area contributed by atoms with Gasteiger partial charge in [0.2, 0.25) is 10.0 Å². The smallest absolute Gasteiger partial charge is 0.211 e. The first-order valence-electron chi connectivity index (χ1n) is 13.6. The molecule has 0 unspecified atom stereocenters. The van der Waals surface area contributed by atoms with Gasteiger partial charge in [-0.2, -0.15) is 0 Å². The first-order valence-corrected chi connectivity index (χ1v) is 15.3. The molecule has 0 spiro atoms. The topological polar surface area (TPSA) is 147 Å². The molecule has 2 aliphatic heterocycles. The molecule has 0 aliphatic carbocycles. The molecule has 43 heavy (non-hydrogen) atoms. The Labute approximate surface area is 247 Å². The first-order chi connectivity index (χ1) is 20.7. The van der Waals surface area contributed by atoms with Crippen LogP contribution in [0.4, 0.5) is 4.39 Å². The van der Waals surface area contributed by atoms with E-state index in [-0.39, 0.29) is 18.3 Å². The van der Waals surface area contributed by atoms with Gasteiger partial charge in [0.05, 0.1) is 42.0 Å². The Kier molecular flexibility index (Phi) is 7.59. The number of nitrogens with zero attached hydrogens (tertiary/aromatic N) is 5. The van der Waals surface area contributed by atoms with Crippen molar-refractivity contribution < 1.29 is 17.5 Å².